The van der Waals surface area contributed by atoms with Crippen LogP contribution in [0.25, 0.3) is 10.9 Å². The van der Waals surface area contributed by atoms with E-state index in [2.05, 4.69) is 49.7 Å². The molecule has 0 amide bonds. The quantitative estimate of drug-likeness (QED) is 0.361. The maximum Gasteiger partial charge on any atom is 0.253 e. The summed E-state index contributed by atoms with van der Waals surface area (Å²) in [6.07, 6.45) is 0.872. The first-order valence-corrected chi connectivity index (χ1v) is 12.8. The van der Waals surface area contributed by atoms with Gasteiger partial charge in [-0.15, -0.1) is 5.10 Å². The zero-order chi connectivity index (χ0) is 26.3. The Morgan fingerprint density at radius 2 is 1.82 bits per heavy atom. The van der Waals surface area contributed by atoms with E-state index in [0.29, 0.717) is 41.5 Å². The van der Waals surface area contributed by atoms with Gasteiger partial charge in [-0.1, -0.05) is 36.4 Å². The highest BCUT2D eigenvalue weighted by atomic mass is 16.7. The van der Waals surface area contributed by atoms with Crippen LogP contribution in [0.2, 0.25) is 0 Å². The number of nitrogens with one attached hydrogen (secondary N) is 1. The van der Waals surface area contributed by atoms with Gasteiger partial charge in [-0.2, -0.15) is 0 Å². The van der Waals surface area contributed by atoms with Crippen molar-refractivity contribution in [2.45, 2.75) is 25.6 Å². The van der Waals surface area contributed by atoms with Gasteiger partial charge in [0.1, 0.15) is 11.8 Å². The Hall–Kier alpha value is -4.70. The molecule has 0 saturated heterocycles. The zero-order valence-corrected chi connectivity index (χ0v) is 21.3. The lowest BCUT2D eigenvalue weighted by Crippen LogP contribution is -2.38. The number of tetrazole rings is 1. The Kier molecular flexibility index (Phi) is 5.74. The first-order valence-electron chi connectivity index (χ1n) is 12.8. The summed E-state index contributed by atoms with van der Waals surface area (Å²) >= 11 is 0. The van der Waals surface area contributed by atoms with Gasteiger partial charge in [0.25, 0.3) is 5.56 Å². The standard InChI is InChI=1S/C29H26N6O4/c1-37-22-8-6-18(7-9-22)15-35-28(31-32-33-35)27(34-11-10-19-4-2-3-5-20(19)16-34)23-12-21-13-25-26(39-17-38-25)14-24(21)30-29(23)36/h2-9,12-14,27H,10-11,15-17H2,1H3,(H,30,36)/t27-/m0/s1. The third kappa shape index (κ3) is 4.28. The SMILES string of the molecule is COc1ccc(Cn2nnnc2[C@H](c2cc3cc4c(cc3[nH]c2=O)OCO4)N2CCc3ccccc3C2)cc1. The van der Waals surface area contributed by atoms with E-state index in [0.717, 1.165) is 29.7 Å². The Balaban J connectivity index is 1.34. The minimum absolute atomic E-state index is 0.165. The number of rotatable bonds is 6. The minimum atomic E-state index is -0.467. The van der Waals surface area contributed by atoms with Crippen molar-refractivity contribution < 1.29 is 14.2 Å². The zero-order valence-electron chi connectivity index (χ0n) is 21.3. The lowest BCUT2D eigenvalue weighted by atomic mass is 9.96. The number of pyridine rings is 1. The average molecular weight is 523 g/mol. The van der Waals surface area contributed by atoms with Crippen LogP contribution < -0.4 is 19.8 Å². The topological polar surface area (TPSA) is 107 Å². The predicted octanol–water partition coefficient (Wildman–Crippen LogP) is 3.45. The summed E-state index contributed by atoms with van der Waals surface area (Å²) in [4.78, 5) is 19.0. The molecule has 0 spiro atoms. The van der Waals surface area contributed by atoms with E-state index in [1.165, 1.54) is 11.1 Å². The Morgan fingerprint density at radius 1 is 1.03 bits per heavy atom. The molecule has 0 aliphatic carbocycles. The van der Waals surface area contributed by atoms with Crippen LogP contribution in [-0.4, -0.2) is 50.5 Å². The second-order valence-corrected chi connectivity index (χ2v) is 9.78. The largest absolute Gasteiger partial charge is 0.497 e. The molecule has 1 atom stereocenters. The Bertz CT molecular complexity index is 1730. The van der Waals surface area contributed by atoms with E-state index in [9.17, 15) is 4.79 Å². The summed E-state index contributed by atoms with van der Waals surface area (Å²) in [5.41, 5.74) is 4.66. The van der Waals surface area contributed by atoms with Gasteiger partial charge in [0.05, 0.1) is 19.2 Å². The number of aromatic nitrogens is 5. The molecule has 0 radical (unpaired) electrons. The van der Waals surface area contributed by atoms with Gasteiger partial charge < -0.3 is 19.2 Å². The molecule has 10 heteroatoms. The number of methoxy groups -OCH3 is 1. The molecule has 3 aromatic carbocycles. The van der Waals surface area contributed by atoms with Crippen molar-refractivity contribution in [1.29, 1.82) is 0 Å². The maximum absolute atomic E-state index is 13.7. The molecule has 5 aromatic rings. The van der Waals surface area contributed by atoms with E-state index >= 15 is 0 Å². The fourth-order valence-corrected chi connectivity index (χ4v) is 5.48. The van der Waals surface area contributed by atoms with Crippen LogP contribution in [0.5, 0.6) is 17.2 Å². The summed E-state index contributed by atoms with van der Waals surface area (Å²) < 4.78 is 18.2. The van der Waals surface area contributed by atoms with Gasteiger partial charge in [0.2, 0.25) is 6.79 Å². The molecule has 196 valence electrons. The number of aromatic amines is 1. The van der Waals surface area contributed by atoms with E-state index in [4.69, 9.17) is 14.2 Å². The monoisotopic (exact) mass is 522 g/mol. The molecule has 1 N–H and O–H groups in total. The van der Waals surface area contributed by atoms with Crippen molar-refractivity contribution in [2.75, 3.05) is 20.4 Å². The number of hydrogen-bond acceptors (Lipinski definition) is 8. The van der Waals surface area contributed by atoms with E-state index < -0.39 is 6.04 Å². The van der Waals surface area contributed by atoms with Crippen molar-refractivity contribution in [1.82, 2.24) is 30.1 Å². The highest BCUT2D eigenvalue weighted by Gasteiger charge is 2.33. The number of benzene rings is 3. The number of fused-ring (bicyclic) bond motifs is 3. The second kappa shape index (κ2) is 9.55. The van der Waals surface area contributed by atoms with E-state index in [1.54, 1.807) is 11.8 Å². The molecule has 2 aliphatic rings. The van der Waals surface area contributed by atoms with E-state index in [1.807, 2.05) is 42.5 Å². The third-order valence-electron chi connectivity index (χ3n) is 7.48. The summed E-state index contributed by atoms with van der Waals surface area (Å²) in [6.45, 7) is 2.06. The van der Waals surface area contributed by atoms with Gasteiger partial charge in [0, 0.05) is 30.1 Å². The maximum atomic E-state index is 13.7. The molecule has 10 nitrogen and oxygen atoms in total. The molecule has 0 fully saturated rings. The Labute approximate surface area is 223 Å². The lowest BCUT2D eigenvalue weighted by Gasteiger charge is -2.34. The van der Waals surface area contributed by atoms with Gasteiger partial charge in [-0.3, -0.25) is 9.69 Å². The normalized spacial score (nSPS) is 15.3. The van der Waals surface area contributed by atoms with Gasteiger partial charge >= 0.3 is 0 Å². The van der Waals surface area contributed by atoms with Crippen LogP contribution in [0.4, 0.5) is 0 Å². The van der Waals surface area contributed by atoms with Crippen LogP contribution in [0.3, 0.4) is 0 Å². The molecule has 0 unspecified atom stereocenters. The van der Waals surface area contributed by atoms with Crippen molar-refractivity contribution >= 4 is 10.9 Å². The third-order valence-corrected chi connectivity index (χ3v) is 7.48. The second-order valence-electron chi connectivity index (χ2n) is 9.78. The van der Waals surface area contributed by atoms with Crippen LogP contribution in [0.1, 0.15) is 34.1 Å². The number of H-pyrrole nitrogens is 1. The molecule has 2 aliphatic heterocycles. The molecule has 4 heterocycles. The fourth-order valence-electron chi connectivity index (χ4n) is 5.48. The highest BCUT2D eigenvalue weighted by molar-refractivity contribution is 5.83. The molecular formula is C29H26N6O4. The average Bonchev–Trinajstić information content (AvgIpc) is 3.62. The fraction of sp³-hybridized carbons (Fsp3) is 0.241. The molecule has 0 bridgehead atoms. The van der Waals surface area contributed by atoms with Crippen LogP contribution in [0.15, 0.2) is 71.5 Å². The summed E-state index contributed by atoms with van der Waals surface area (Å²) in [5, 5.41) is 13.7. The summed E-state index contributed by atoms with van der Waals surface area (Å²) in [7, 11) is 1.64. The van der Waals surface area contributed by atoms with Crippen LogP contribution in [0, 0.1) is 0 Å². The molecule has 2 aromatic heterocycles. The lowest BCUT2D eigenvalue weighted by molar-refractivity contribution is 0.174. The molecule has 7 rings (SSSR count). The number of nitrogens with zero attached hydrogens (tertiary/aromatic N) is 5. The van der Waals surface area contributed by atoms with Gasteiger partial charge in [-0.25, -0.2) is 4.68 Å². The van der Waals surface area contributed by atoms with Gasteiger partial charge in [-0.05, 0) is 57.8 Å². The highest BCUT2D eigenvalue weighted by Crippen LogP contribution is 2.37. The first-order chi connectivity index (χ1) is 19.2. The summed E-state index contributed by atoms with van der Waals surface area (Å²) in [6, 6.07) is 21.4. The molecule has 39 heavy (non-hydrogen) atoms. The Morgan fingerprint density at radius 3 is 2.64 bits per heavy atom. The molecular weight excluding hydrogens is 496 g/mol. The number of hydrogen-bond donors (Lipinski definition) is 1. The van der Waals surface area contributed by atoms with Crippen molar-refractivity contribution in [3.8, 4) is 17.2 Å². The van der Waals surface area contributed by atoms with Crippen LogP contribution in [-0.2, 0) is 19.5 Å². The van der Waals surface area contributed by atoms with Crippen molar-refractivity contribution in [2.24, 2.45) is 0 Å². The number of ether oxygens (including phenoxy) is 3. The minimum Gasteiger partial charge on any atom is -0.497 e. The smallest absolute Gasteiger partial charge is 0.253 e. The first kappa shape index (κ1) is 23.4. The van der Waals surface area contributed by atoms with E-state index in [-0.39, 0.29) is 12.4 Å². The van der Waals surface area contributed by atoms with Crippen molar-refractivity contribution in [3.05, 3.63) is 105 Å². The predicted molar refractivity (Wildman–Crippen MR) is 143 cm³/mol. The van der Waals surface area contributed by atoms with Crippen LogP contribution >= 0.6 is 0 Å². The van der Waals surface area contributed by atoms with Gasteiger partial charge in [0.15, 0.2) is 17.3 Å². The summed E-state index contributed by atoms with van der Waals surface area (Å²) in [5.74, 6) is 2.67. The molecule has 0 saturated carbocycles. The van der Waals surface area contributed by atoms with Crippen molar-refractivity contribution in [3.63, 3.8) is 0 Å².